The summed E-state index contributed by atoms with van der Waals surface area (Å²) >= 11 is 0. The van der Waals surface area contributed by atoms with E-state index in [2.05, 4.69) is 14.9 Å². The van der Waals surface area contributed by atoms with Crippen molar-refractivity contribution in [2.45, 2.75) is 13.0 Å². The smallest absolute Gasteiger partial charge is 0.121 e. The van der Waals surface area contributed by atoms with Crippen LogP contribution in [0.1, 0.15) is 12.2 Å². The van der Waals surface area contributed by atoms with Gasteiger partial charge in [0.1, 0.15) is 5.82 Å². The second-order valence-electron chi connectivity index (χ2n) is 4.77. The molecular formula is C13H17N3O. The van der Waals surface area contributed by atoms with Crippen molar-refractivity contribution in [1.82, 2.24) is 14.9 Å². The van der Waals surface area contributed by atoms with Crippen LogP contribution in [0.4, 0.5) is 0 Å². The molecule has 2 heterocycles. The van der Waals surface area contributed by atoms with Crippen molar-refractivity contribution in [3.8, 4) is 0 Å². The third kappa shape index (κ3) is 2.18. The number of benzene rings is 1. The fraction of sp³-hybridized carbons (Fsp3) is 0.462. The molecule has 1 aromatic carbocycles. The van der Waals surface area contributed by atoms with Crippen LogP contribution in [-0.4, -0.2) is 39.7 Å². The van der Waals surface area contributed by atoms with Crippen LogP contribution < -0.4 is 0 Å². The van der Waals surface area contributed by atoms with Gasteiger partial charge in [0.25, 0.3) is 0 Å². The lowest BCUT2D eigenvalue weighted by Gasteiger charge is -2.13. The Hall–Kier alpha value is -1.39. The number of hydrogen-bond donors (Lipinski definition) is 2. The lowest BCUT2D eigenvalue weighted by Crippen LogP contribution is -2.21. The second-order valence-corrected chi connectivity index (χ2v) is 4.77. The highest BCUT2D eigenvalue weighted by atomic mass is 16.3. The van der Waals surface area contributed by atoms with E-state index >= 15 is 0 Å². The molecule has 1 aliphatic heterocycles. The number of nitrogens with one attached hydrogen (secondary N) is 1. The van der Waals surface area contributed by atoms with E-state index in [0.717, 1.165) is 42.9 Å². The molecule has 1 aliphatic rings. The molecule has 90 valence electrons. The van der Waals surface area contributed by atoms with Crippen LogP contribution in [0, 0.1) is 5.92 Å². The van der Waals surface area contributed by atoms with Gasteiger partial charge in [0.2, 0.25) is 0 Å². The van der Waals surface area contributed by atoms with Crippen LogP contribution in [0.3, 0.4) is 0 Å². The van der Waals surface area contributed by atoms with Gasteiger partial charge >= 0.3 is 0 Å². The van der Waals surface area contributed by atoms with Crippen LogP contribution in [0.5, 0.6) is 0 Å². The van der Waals surface area contributed by atoms with Crippen LogP contribution in [0.2, 0.25) is 0 Å². The van der Waals surface area contributed by atoms with Gasteiger partial charge in [-0.05, 0) is 31.0 Å². The van der Waals surface area contributed by atoms with Crippen molar-refractivity contribution in [1.29, 1.82) is 0 Å². The van der Waals surface area contributed by atoms with Crippen molar-refractivity contribution in [2.75, 3.05) is 19.7 Å². The second kappa shape index (κ2) is 4.47. The third-order valence-electron chi connectivity index (χ3n) is 3.44. The number of nitrogens with zero attached hydrogens (tertiary/aromatic N) is 2. The Morgan fingerprint density at radius 1 is 1.41 bits per heavy atom. The minimum atomic E-state index is 0.302. The zero-order chi connectivity index (χ0) is 11.7. The Labute approximate surface area is 100 Å². The summed E-state index contributed by atoms with van der Waals surface area (Å²) < 4.78 is 0. The largest absolute Gasteiger partial charge is 0.396 e. The topological polar surface area (TPSA) is 52.1 Å². The molecule has 2 N–H and O–H groups in total. The minimum Gasteiger partial charge on any atom is -0.396 e. The highest BCUT2D eigenvalue weighted by Gasteiger charge is 2.22. The number of fused-ring (bicyclic) bond motifs is 1. The molecule has 0 radical (unpaired) electrons. The van der Waals surface area contributed by atoms with E-state index < -0.39 is 0 Å². The first-order valence-corrected chi connectivity index (χ1v) is 6.12. The van der Waals surface area contributed by atoms with Gasteiger partial charge < -0.3 is 10.1 Å². The average Bonchev–Trinajstić information content (AvgIpc) is 2.94. The number of rotatable bonds is 3. The zero-order valence-electron chi connectivity index (χ0n) is 9.76. The summed E-state index contributed by atoms with van der Waals surface area (Å²) in [5.74, 6) is 1.46. The fourth-order valence-electron chi connectivity index (χ4n) is 2.50. The lowest BCUT2D eigenvalue weighted by molar-refractivity contribution is 0.219. The number of aliphatic hydroxyl groups is 1. The monoisotopic (exact) mass is 231 g/mol. The Morgan fingerprint density at radius 2 is 2.29 bits per heavy atom. The van der Waals surface area contributed by atoms with Crippen LogP contribution >= 0.6 is 0 Å². The summed E-state index contributed by atoms with van der Waals surface area (Å²) in [6.07, 6.45) is 1.09. The summed E-state index contributed by atoms with van der Waals surface area (Å²) in [5.41, 5.74) is 2.13. The van der Waals surface area contributed by atoms with E-state index in [-0.39, 0.29) is 0 Å². The minimum absolute atomic E-state index is 0.302. The van der Waals surface area contributed by atoms with E-state index in [9.17, 15) is 0 Å². The number of imidazole rings is 1. The number of H-pyrrole nitrogens is 1. The predicted molar refractivity (Wildman–Crippen MR) is 66.6 cm³/mol. The van der Waals surface area contributed by atoms with Crippen molar-refractivity contribution in [3.63, 3.8) is 0 Å². The maximum atomic E-state index is 9.11. The maximum absolute atomic E-state index is 9.11. The van der Waals surface area contributed by atoms with Gasteiger partial charge in [-0.25, -0.2) is 4.98 Å². The molecule has 2 aromatic rings. The van der Waals surface area contributed by atoms with Crippen molar-refractivity contribution in [2.24, 2.45) is 5.92 Å². The molecule has 0 unspecified atom stereocenters. The molecule has 1 saturated heterocycles. The van der Waals surface area contributed by atoms with Crippen LogP contribution in [0.25, 0.3) is 11.0 Å². The molecule has 17 heavy (non-hydrogen) atoms. The van der Waals surface area contributed by atoms with Crippen LogP contribution in [0.15, 0.2) is 24.3 Å². The van der Waals surface area contributed by atoms with Crippen molar-refractivity contribution in [3.05, 3.63) is 30.1 Å². The van der Waals surface area contributed by atoms with Gasteiger partial charge in [-0.2, -0.15) is 0 Å². The number of aliphatic hydroxyl groups excluding tert-OH is 1. The fourth-order valence-corrected chi connectivity index (χ4v) is 2.50. The molecule has 1 fully saturated rings. The first kappa shape index (κ1) is 10.7. The molecule has 0 spiro atoms. The third-order valence-corrected chi connectivity index (χ3v) is 3.44. The molecule has 4 nitrogen and oxygen atoms in total. The van der Waals surface area contributed by atoms with E-state index in [4.69, 9.17) is 5.11 Å². The van der Waals surface area contributed by atoms with Crippen LogP contribution in [-0.2, 0) is 6.54 Å². The number of hydrogen-bond acceptors (Lipinski definition) is 3. The quantitative estimate of drug-likeness (QED) is 0.839. The summed E-state index contributed by atoms with van der Waals surface area (Å²) in [6.45, 7) is 3.19. The van der Waals surface area contributed by atoms with Crippen molar-refractivity contribution >= 4 is 11.0 Å². The summed E-state index contributed by atoms with van der Waals surface area (Å²) in [4.78, 5) is 10.3. The van der Waals surface area contributed by atoms with E-state index in [1.165, 1.54) is 0 Å². The van der Waals surface area contributed by atoms with Gasteiger partial charge in [0.15, 0.2) is 0 Å². The highest BCUT2D eigenvalue weighted by Crippen LogP contribution is 2.18. The molecule has 0 saturated carbocycles. The van der Waals surface area contributed by atoms with E-state index in [1.54, 1.807) is 0 Å². The number of likely N-dealkylation sites (tertiary alicyclic amines) is 1. The molecule has 1 aromatic heterocycles. The number of aromatic nitrogens is 2. The highest BCUT2D eigenvalue weighted by molar-refractivity contribution is 5.74. The Morgan fingerprint density at radius 3 is 3.06 bits per heavy atom. The molecule has 0 amide bonds. The molecule has 3 rings (SSSR count). The summed E-state index contributed by atoms with van der Waals surface area (Å²) in [6, 6.07) is 8.09. The van der Waals surface area contributed by atoms with Gasteiger partial charge in [-0.3, -0.25) is 4.90 Å². The maximum Gasteiger partial charge on any atom is 0.121 e. The molecule has 1 atom stereocenters. The number of para-hydroxylation sites is 2. The van der Waals surface area contributed by atoms with E-state index in [0.29, 0.717) is 12.5 Å². The Kier molecular flexibility index (Phi) is 2.82. The van der Waals surface area contributed by atoms with Gasteiger partial charge in [0.05, 0.1) is 17.6 Å². The summed E-state index contributed by atoms with van der Waals surface area (Å²) in [5, 5.41) is 9.11. The van der Waals surface area contributed by atoms with Crippen molar-refractivity contribution < 1.29 is 5.11 Å². The normalized spacial score (nSPS) is 21.4. The van der Waals surface area contributed by atoms with E-state index in [1.807, 2.05) is 24.3 Å². The van der Waals surface area contributed by atoms with Gasteiger partial charge in [-0.15, -0.1) is 0 Å². The molecule has 0 bridgehead atoms. The molecular weight excluding hydrogens is 214 g/mol. The molecule has 0 aliphatic carbocycles. The Bertz CT molecular complexity index is 475. The average molecular weight is 231 g/mol. The lowest BCUT2D eigenvalue weighted by atomic mass is 10.1. The first-order chi connectivity index (χ1) is 8.35. The SMILES string of the molecule is OC[C@H]1CCN(Cc2nc3ccccc3[nH]2)C1. The number of aromatic amines is 1. The Balaban J connectivity index is 1.73. The van der Waals surface area contributed by atoms with Gasteiger partial charge in [0, 0.05) is 13.2 Å². The van der Waals surface area contributed by atoms with Gasteiger partial charge in [-0.1, -0.05) is 12.1 Å². The zero-order valence-corrected chi connectivity index (χ0v) is 9.76. The first-order valence-electron chi connectivity index (χ1n) is 6.12. The standard InChI is InChI=1S/C13H17N3O/c17-9-10-5-6-16(7-10)8-13-14-11-3-1-2-4-12(11)15-13/h1-4,10,17H,5-9H2,(H,14,15)/t10-/m0/s1. The predicted octanol–water partition coefficient (Wildman–Crippen LogP) is 1.38. The summed E-state index contributed by atoms with van der Waals surface area (Å²) in [7, 11) is 0. The molecule has 4 heteroatoms.